The van der Waals surface area contributed by atoms with E-state index in [1.165, 1.54) is 24.0 Å². The Hall–Kier alpha value is -1.95. The van der Waals surface area contributed by atoms with Gasteiger partial charge in [0, 0.05) is 39.8 Å². The summed E-state index contributed by atoms with van der Waals surface area (Å²) >= 11 is 0. The highest BCUT2D eigenvalue weighted by atomic mass is 16.5. The number of fused-ring (bicyclic) bond motifs is 1. The van der Waals surface area contributed by atoms with Crippen molar-refractivity contribution in [2.45, 2.75) is 25.8 Å². The van der Waals surface area contributed by atoms with Gasteiger partial charge in [0.1, 0.15) is 0 Å². The maximum atomic E-state index is 5.44. The monoisotopic (exact) mass is 346 g/mol. The highest BCUT2D eigenvalue weighted by Gasteiger charge is 2.21. The van der Waals surface area contributed by atoms with Gasteiger partial charge in [0.2, 0.25) is 0 Å². The molecule has 1 fully saturated rings. The van der Waals surface area contributed by atoms with E-state index < -0.39 is 0 Å². The van der Waals surface area contributed by atoms with Crippen LogP contribution in [0.5, 0.6) is 11.5 Å². The van der Waals surface area contributed by atoms with Crippen LogP contribution in [0.4, 0.5) is 0 Å². The summed E-state index contributed by atoms with van der Waals surface area (Å²) in [6, 6.07) is 4.23. The summed E-state index contributed by atoms with van der Waals surface area (Å²) in [6.45, 7) is 4.95. The van der Waals surface area contributed by atoms with Crippen molar-refractivity contribution in [2.24, 2.45) is 10.9 Å². The molecule has 1 aromatic carbocycles. The van der Waals surface area contributed by atoms with Crippen LogP contribution >= 0.6 is 0 Å². The molecule has 1 heterocycles. The number of nitrogens with zero attached hydrogens (tertiary/aromatic N) is 2. The van der Waals surface area contributed by atoms with Crippen molar-refractivity contribution in [3.8, 4) is 11.5 Å². The van der Waals surface area contributed by atoms with Crippen LogP contribution in [0.3, 0.4) is 0 Å². The lowest BCUT2D eigenvalue weighted by atomic mass is 9.99. The van der Waals surface area contributed by atoms with E-state index in [0.29, 0.717) is 0 Å². The third kappa shape index (κ3) is 4.78. The first-order chi connectivity index (χ1) is 12.2. The molecule has 2 N–H and O–H groups in total. The molecule has 0 spiro atoms. The lowest BCUT2D eigenvalue weighted by Crippen LogP contribution is -2.43. The lowest BCUT2D eigenvalue weighted by molar-refractivity contribution is 0.256. The van der Waals surface area contributed by atoms with Crippen molar-refractivity contribution >= 4 is 5.96 Å². The maximum absolute atomic E-state index is 5.44. The van der Waals surface area contributed by atoms with E-state index in [9.17, 15) is 0 Å². The van der Waals surface area contributed by atoms with Gasteiger partial charge in [0.15, 0.2) is 17.5 Å². The second-order valence-corrected chi connectivity index (χ2v) is 6.83. The molecule has 0 radical (unpaired) electrons. The molecule has 0 saturated heterocycles. The van der Waals surface area contributed by atoms with Crippen LogP contribution in [0.1, 0.15) is 24.0 Å². The fraction of sp³-hybridized carbons (Fsp3) is 0.632. The van der Waals surface area contributed by atoms with Gasteiger partial charge in [-0.1, -0.05) is 0 Å². The second-order valence-electron chi connectivity index (χ2n) is 6.83. The molecule has 0 amide bonds. The van der Waals surface area contributed by atoms with Crippen LogP contribution in [-0.4, -0.2) is 58.3 Å². The topological polar surface area (TPSA) is 58.1 Å². The number of methoxy groups -OCH3 is 2. The molecule has 6 heteroatoms. The molecule has 1 aliphatic heterocycles. The van der Waals surface area contributed by atoms with Gasteiger partial charge in [0.05, 0.1) is 14.2 Å². The summed E-state index contributed by atoms with van der Waals surface area (Å²) in [5, 5.41) is 6.82. The first-order valence-electron chi connectivity index (χ1n) is 9.14. The standard InChI is InChI=1S/C19H30N4O2/c1-20-19(22-12-14-4-5-14)21-7-9-23-8-6-15-10-17(24-2)18(25-3)11-16(15)13-23/h10-11,14H,4-9,12-13H2,1-3H3,(H2,20,21,22). The van der Waals surface area contributed by atoms with Gasteiger partial charge < -0.3 is 20.1 Å². The van der Waals surface area contributed by atoms with Crippen molar-refractivity contribution < 1.29 is 9.47 Å². The Morgan fingerprint density at radius 2 is 1.88 bits per heavy atom. The summed E-state index contributed by atoms with van der Waals surface area (Å²) < 4.78 is 10.8. The predicted molar refractivity (Wildman–Crippen MR) is 101 cm³/mol. The molecular formula is C19H30N4O2. The van der Waals surface area contributed by atoms with Crippen LogP contribution in [0, 0.1) is 5.92 Å². The molecule has 1 aromatic rings. The summed E-state index contributed by atoms with van der Waals surface area (Å²) in [5.74, 6) is 3.40. The minimum Gasteiger partial charge on any atom is -0.493 e. The van der Waals surface area contributed by atoms with E-state index >= 15 is 0 Å². The van der Waals surface area contributed by atoms with Gasteiger partial charge in [-0.2, -0.15) is 0 Å². The smallest absolute Gasteiger partial charge is 0.191 e. The van der Waals surface area contributed by atoms with Crippen LogP contribution in [0.25, 0.3) is 0 Å². The summed E-state index contributed by atoms with van der Waals surface area (Å²) in [5.41, 5.74) is 2.70. The maximum Gasteiger partial charge on any atom is 0.191 e. The van der Waals surface area contributed by atoms with Crippen molar-refractivity contribution in [3.63, 3.8) is 0 Å². The first kappa shape index (κ1) is 17.9. The number of nitrogens with one attached hydrogen (secondary N) is 2. The molecule has 0 bridgehead atoms. The lowest BCUT2D eigenvalue weighted by Gasteiger charge is -2.29. The van der Waals surface area contributed by atoms with Gasteiger partial charge in [-0.25, -0.2) is 0 Å². The molecule has 0 unspecified atom stereocenters. The summed E-state index contributed by atoms with van der Waals surface area (Å²) in [7, 11) is 5.21. The van der Waals surface area contributed by atoms with Crippen LogP contribution < -0.4 is 20.1 Å². The molecule has 0 aromatic heterocycles. The Morgan fingerprint density at radius 1 is 1.16 bits per heavy atom. The Balaban J connectivity index is 1.48. The quantitative estimate of drug-likeness (QED) is 0.581. The molecule has 3 rings (SSSR count). The molecular weight excluding hydrogens is 316 g/mol. The van der Waals surface area contributed by atoms with Crippen molar-refractivity contribution in [2.75, 3.05) is 47.4 Å². The van der Waals surface area contributed by atoms with Crippen LogP contribution in [0.2, 0.25) is 0 Å². The predicted octanol–water partition coefficient (Wildman–Crippen LogP) is 1.64. The fourth-order valence-corrected chi connectivity index (χ4v) is 3.25. The number of ether oxygens (including phenoxy) is 2. The van der Waals surface area contributed by atoms with E-state index in [1.54, 1.807) is 14.2 Å². The van der Waals surface area contributed by atoms with Gasteiger partial charge >= 0.3 is 0 Å². The third-order valence-corrected chi connectivity index (χ3v) is 5.00. The van der Waals surface area contributed by atoms with Gasteiger partial charge in [-0.15, -0.1) is 0 Å². The SMILES string of the molecule is CN=C(NCCN1CCc2cc(OC)c(OC)cc2C1)NCC1CC1. The van der Waals surface area contributed by atoms with Gasteiger partial charge in [-0.3, -0.25) is 9.89 Å². The van der Waals surface area contributed by atoms with Gasteiger partial charge in [-0.05, 0) is 48.4 Å². The number of hydrogen-bond acceptors (Lipinski definition) is 4. The highest BCUT2D eigenvalue weighted by Crippen LogP contribution is 2.33. The number of hydrogen-bond donors (Lipinski definition) is 2. The normalized spacial score (nSPS) is 17.8. The van der Waals surface area contributed by atoms with Crippen molar-refractivity contribution in [1.29, 1.82) is 0 Å². The Bertz CT molecular complexity index is 614. The summed E-state index contributed by atoms with van der Waals surface area (Å²) in [4.78, 5) is 6.76. The zero-order chi connectivity index (χ0) is 17.6. The van der Waals surface area contributed by atoms with E-state index in [2.05, 4.69) is 32.7 Å². The number of aliphatic imine (C=N–C) groups is 1. The second kappa shape index (κ2) is 8.43. The van der Waals surface area contributed by atoms with E-state index in [-0.39, 0.29) is 0 Å². The molecule has 1 saturated carbocycles. The largest absolute Gasteiger partial charge is 0.493 e. The Kier molecular flexibility index (Phi) is 6.02. The average Bonchev–Trinajstić information content (AvgIpc) is 3.47. The number of guanidine groups is 1. The molecule has 6 nitrogen and oxygen atoms in total. The molecule has 0 atom stereocenters. The van der Waals surface area contributed by atoms with Crippen LogP contribution in [-0.2, 0) is 13.0 Å². The van der Waals surface area contributed by atoms with E-state index in [4.69, 9.17) is 9.47 Å². The van der Waals surface area contributed by atoms with Crippen LogP contribution in [0.15, 0.2) is 17.1 Å². The Morgan fingerprint density at radius 3 is 2.52 bits per heavy atom. The minimum atomic E-state index is 0.811. The highest BCUT2D eigenvalue weighted by molar-refractivity contribution is 5.79. The van der Waals surface area contributed by atoms with Crippen molar-refractivity contribution in [3.05, 3.63) is 23.3 Å². The molecule has 2 aliphatic rings. The van der Waals surface area contributed by atoms with Crippen molar-refractivity contribution in [1.82, 2.24) is 15.5 Å². The number of benzene rings is 1. The number of rotatable bonds is 7. The van der Waals surface area contributed by atoms with Gasteiger partial charge in [0.25, 0.3) is 0 Å². The molecule has 25 heavy (non-hydrogen) atoms. The zero-order valence-electron chi connectivity index (χ0n) is 15.6. The molecule has 138 valence electrons. The third-order valence-electron chi connectivity index (χ3n) is 5.00. The fourth-order valence-electron chi connectivity index (χ4n) is 3.25. The zero-order valence-corrected chi connectivity index (χ0v) is 15.6. The van der Waals surface area contributed by atoms with E-state index in [0.717, 1.165) is 62.5 Å². The molecule has 1 aliphatic carbocycles. The minimum absolute atomic E-state index is 0.811. The first-order valence-corrected chi connectivity index (χ1v) is 9.14. The summed E-state index contributed by atoms with van der Waals surface area (Å²) in [6.07, 6.45) is 3.75. The Labute approximate surface area is 150 Å². The average molecular weight is 346 g/mol. The van der Waals surface area contributed by atoms with E-state index in [1.807, 2.05) is 7.05 Å².